The van der Waals surface area contributed by atoms with Gasteiger partial charge in [-0.2, -0.15) is 5.10 Å². The molecule has 9 heteroatoms. The summed E-state index contributed by atoms with van der Waals surface area (Å²) in [6.45, 7) is 1.70. The highest BCUT2D eigenvalue weighted by Gasteiger charge is 2.21. The van der Waals surface area contributed by atoms with Gasteiger partial charge in [0.1, 0.15) is 5.69 Å². The number of aromatic nitrogens is 2. The van der Waals surface area contributed by atoms with Crippen molar-refractivity contribution in [3.63, 3.8) is 0 Å². The molecule has 1 aromatic heterocycles. The number of anilines is 1. The zero-order valence-corrected chi connectivity index (χ0v) is 15.5. The van der Waals surface area contributed by atoms with Crippen molar-refractivity contribution < 1.29 is 9.59 Å². The molecular weight excluding hydrogens is 377 g/mol. The van der Waals surface area contributed by atoms with Crippen LogP contribution in [0.2, 0.25) is 10.0 Å². The Hall–Kier alpha value is -2.09. The van der Waals surface area contributed by atoms with Gasteiger partial charge in [-0.25, -0.2) is 0 Å². The third-order valence-electron chi connectivity index (χ3n) is 4.22. The Labute approximate surface area is 160 Å². The van der Waals surface area contributed by atoms with Crippen LogP contribution >= 0.6 is 23.2 Å². The number of piperidine rings is 1. The predicted molar refractivity (Wildman–Crippen MR) is 101 cm³/mol. The molecule has 0 bridgehead atoms. The van der Waals surface area contributed by atoms with Crippen molar-refractivity contribution in [1.82, 2.24) is 20.8 Å². The van der Waals surface area contributed by atoms with Gasteiger partial charge in [0.2, 0.25) is 0 Å². The summed E-state index contributed by atoms with van der Waals surface area (Å²) >= 11 is 12.1. The molecule has 26 heavy (non-hydrogen) atoms. The minimum atomic E-state index is -0.272. The van der Waals surface area contributed by atoms with Crippen molar-refractivity contribution >= 4 is 40.6 Å². The minimum absolute atomic E-state index is 0.0589. The number of halogens is 2. The Kier molecular flexibility index (Phi) is 6.13. The first-order chi connectivity index (χ1) is 12.6. The molecule has 1 aromatic carbocycles. The molecule has 1 fully saturated rings. The summed E-state index contributed by atoms with van der Waals surface area (Å²) in [6.07, 6.45) is 3.23. The van der Waals surface area contributed by atoms with E-state index >= 15 is 0 Å². The Morgan fingerprint density at radius 3 is 2.58 bits per heavy atom. The molecule has 1 aliphatic rings. The molecule has 138 valence electrons. The van der Waals surface area contributed by atoms with Gasteiger partial charge in [-0.3, -0.25) is 14.7 Å². The van der Waals surface area contributed by atoms with E-state index in [1.165, 1.54) is 6.20 Å². The molecule has 4 N–H and O–H groups in total. The molecule has 1 amide bonds. The van der Waals surface area contributed by atoms with Crippen LogP contribution in [0.5, 0.6) is 0 Å². The van der Waals surface area contributed by atoms with Crippen molar-refractivity contribution in [1.29, 1.82) is 0 Å². The van der Waals surface area contributed by atoms with Crippen LogP contribution in [0.3, 0.4) is 0 Å². The Balaban J connectivity index is 1.63. The lowest BCUT2D eigenvalue weighted by Crippen LogP contribution is -2.43. The molecule has 2 aromatic rings. The van der Waals surface area contributed by atoms with Crippen LogP contribution < -0.4 is 16.0 Å². The zero-order chi connectivity index (χ0) is 18.5. The number of rotatable bonds is 6. The first-order valence-corrected chi connectivity index (χ1v) is 9.08. The Morgan fingerprint density at radius 2 is 1.88 bits per heavy atom. The number of H-pyrrole nitrogens is 1. The number of ketones is 1. The monoisotopic (exact) mass is 395 g/mol. The number of nitrogens with zero attached hydrogens (tertiary/aromatic N) is 1. The second kappa shape index (κ2) is 8.53. The number of Topliss-reactive ketones (excluding diaryl/α,β-unsaturated/α-hetero) is 1. The molecule has 7 nitrogen and oxygen atoms in total. The summed E-state index contributed by atoms with van der Waals surface area (Å²) in [5, 5.41) is 16.3. The number of carbonyl (C=O) groups is 2. The highest BCUT2D eigenvalue weighted by Crippen LogP contribution is 2.25. The summed E-state index contributed by atoms with van der Waals surface area (Å²) in [5.74, 6) is -0.522. The fourth-order valence-electron chi connectivity index (χ4n) is 2.85. The molecule has 0 radical (unpaired) electrons. The van der Waals surface area contributed by atoms with E-state index in [-0.39, 0.29) is 29.8 Å². The third kappa shape index (κ3) is 4.35. The van der Waals surface area contributed by atoms with Crippen LogP contribution in [0.25, 0.3) is 0 Å². The third-order valence-corrected chi connectivity index (χ3v) is 4.85. The van der Waals surface area contributed by atoms with E-state index in [1.54, 1.807) is 18.2 Å². The highest BCUT2D eigenvalue weighted by atomic mass is 35.5. The fourth-order valence-corrected chi connectivity index (χ4v) is 3.45. The number of amides is 1. The fraction of sp³-hybridized carbons (Fsp3) is 0.353. The smallest absolute Gasteiger partial charge is 0.271 e. The number of carbonyl (C=O) groups excluding carboxylic acids is 2. The zero-order valence-electron chi connectivity index (χ0n) is 13.9. The van der Waals surface area contributed by atoms with E-state index in [0.29, 0.717) is 21.4 Å². The van der Waals surface area contributed by atoms with E-state index in [2.05, 4.69) is 26.1 Å². The first kappa shape index (κ1) is 18.7. The maximum atomic E-state index is 12.4. The van der Waals surface area contributed by atoms with Crippen LogP contribution in [0, 0.1) is 0 Å². The topological polar surface area (TPSA) is 98.9 Å². The number of nitrogens with one attached hydrogen (secondary N) is 4. The van der Waals surface area contributed by atoms with Gasteiger partial charge in [0.05, 0.1) is 34.0 Å². The summed E-state index contributed by atoms with van der Waals surface area (Å²) < 4.78 is 0. The van der Waals surface area contributed by atoms with E-state index in [9.17, 15) is 9.59 Å². The number of hydrogen-bond acceptors (Lipinski definition) is 5. The quantitative estimate of drug-likeness (QED) is 0.563. The van der Waals surface area contributed by atoms with Gasteiger partial charge >= 0.3 is 0 Å². The van der Waals surface area contributed by atoms with Gasteiger partial charge in [0.15, 0.2) is 5.78 Å². The molecule has 3 rings (SSSR count). The molecule has 1 aliphatic heterocycles. The molecule has 0 atom stereocenters. The van der Waals surface area contributed by atoms with Gasteiger partial charge in [-0.15, -0.1) is 0 Å². The van der Waals surface area contributed by atoms with Gasteiger partial charge in [0, 0.05) is 6.04 Å². The molecular formula is C17H19Cl2N5O2. The van der Waals surface area contributed by atoms with Crippen LogP contribution in [-0.4, -0.2) is 47.6 Å². The van der Waals surface area contributed by atoms with Gasteiger partial charge < -0.3 is 16.0 Å². The molecule has 0 saturated carbocycles. The van der Waals surface area contributed by atoms with E-state index in [4.69, 9.17) is 23.2 Å². The highest BCUT2D eigenvalue weighted by molar-refractivity contribution is 6.40. The minimum Gasteiger partial charge on any atom is -0.374 e. The molecule has 0 aliphatic carbocycles. The molecule has 0 unspecified atom stereocenters. The van der Waals surface area contributed by atoms with Crippen molar-refractivity contribution in [3.8, 4) is 0 Å². The lowest BCUT2D eigenvalue weighted by atomic mass is 10.1. The van der Waals surface area contributed by atoms with Crippen molar-refractivity contribution in [2.24, 2.45) is 0 Å². The van der Waals surface area contributed by atoms with Gasteiger partial charge in [-0.05, 0) is 38.1 Å². The van der Waals surface area contributed by atoms with Crippen LogP contribution in [-0.2, 0) is 0 Å². The summed E-state index contributed by atoms with van der Waals surface area (Å²) in [6, 6.07) is 5.02. The van der Waals surface area contributed by atoms with E-state index < -0.39 is 0 Å². The van der Waals surface area contributed by atoms with E-state index in [0.717, 1.165) is 25.9 Å². The number of aromatic amines is 1. The normalized spacial score (nSPS) is 14.8. The van der Waals surface area contributed by atoms with Gasteiger partial charge in [0.25, 0.3) is 5.91 Å². The van der Waals surface area contributed by atoms with Crippen LogP contribution in [0.1, 0.15) is 33.7 Å². The maximum Gasteiger partial charge on any atom is 0.271 e. The summed E-state index contributed by atoms with van der Waals surface area (Å²) in [7, 11) is 0. The van der Waals surface area contributed by atoms with Crippen molar-refractivity contribution in [3.05, 3.63) is 45.7 Å². The lowest BCUT2D eigenvalue weighted by Gasteiger charge is -2.23. The van der Waals surface area contributed by atoms with Crippen molar-refractivity contribution in [2.45, 2.75) is 18.9 Å². The number of hydrogen-bond donors (Lipinski definition) is 4. The largest absolute Gasteiger partial charge is 0.374 e. The lowest BCUT2D eigenvalue weighted by molar-refractivity contribution is 0.0923. The molecule has 1 saturated heterocycles. The second-order valence-corrected chi connectivity index (χ2v) is 6.84. The standard InChI is InChI=1S/C17H19Cl2N5O2/c18-11-2-1-3-12(19)15(11)14(25)9-21-13-8-22-24-16(13)17(26)23-10-4-6-20-7-5-10/h1-3,8,10,20-21H,4-7,9H2,(H,22,24)(H,23,26). The van der Waals surface area contributed by atoms with Crippen LogP contribution in [0.4, 0.5) is 5.69 Å². The number of benzene rings is 1. The van der Waals surface area contributed by atoms with Crippen LogP contribution in [0.15, 0.2) is 24.4 Å². The second-order valence-electron chi connectivity index (χ2n) is 6.03. The summed E-state index contributed by atoms with van der Waals surface area (Å²) in [4.78, 5) is 24.9. The van der Waals surface area contributed by atoms with E-state index in [1.807, 2.05) is 0 Å². The predicted octanol–water partition coefficient (Wildman–Crippen LogP) is 2.49. The average molecular weight is 396 g/mol. The Morgan fingerprint density at radius 1 is 1.19 bits per heavy atom. The molecule has 2 heterocycles. The average Bonchev–Trinajstić information content (AvgIpc) is 3.09. The van der Waals surface area contributed by atoms with Crippen molar-refractivity contribution in [2.75, 3.05) is 25.0 Å². The Bertz CT molecular complexity index is 782. The maximum absolute atomic E-state index is 12.4. The first-order valence-electron chi connectivity index (χ1n) is 8.32. The SMILES string of the molecule is O=C(NC1CCNCC1)c1[nH]ncc1NCC(=O)c1c(Cl)cccc1Cl. The molecule has 0 spiro atoms. The van der Waals surface area contributed by atoms with Gasteiger partial charge in [-0.1, -0.05) is 29.3 Å². The summed E-state index contributed by atoms with van der Waals surface area (Å²) in [5.41, 5.74) is 1.00.